The number of carbonyl (C=O) groups excluding carboxylic acids is 1. The van der Waals surface area contributed by atoms with Crippen molar-refractivity contribution in [2.45, 2.75) is 49.7 Å². The molecule has 1 aromatic carbocycles. The molecule has 7 nitrogen and oxygen atoms in total. The highest BCUT2D eigenvalue weighted by atomic mass is 32.2. The molecule has 0 spiro atoms. The van der Waals surface area contributed by atoms with Gasteiger partial charge in [-0.1, -0.05) is 14.4 Å². The summed E-state index contributed by atoms with van der Waals surface area (Å²) in [5.41, 5.74) is 2.53. The molecule has 27 heavy (non-hydrogen) atoms. The van der Waals surface area contributed by atoms with Gasteiger partial charge in [-0.25, -0.2) is 13.9 Å². The monoisotopic (exact) mass is 398 g/mol. The van der Waals surface area contributed by atoms with Crippen LogP contribution in [0.5, 0.6) is 0 Å². The van der Waals surface area contributed by atoms with Gasteiger partial charge in [-0.05, 0) is 55.9 Å². The van der Waals surface area contributed by atoms with E-state index in [0.29, 0.717) is 0 Å². The van der Waals surface area contributed by atoms with E-state index in [4.69, 9.17) is 9.94 Å². The number of benzene rings is 1. The van der Waals surface area contributed by atoms with Crippen molar-refractivity contribution in [1.29, 1.82) is 0 Å². The number of ether oxygens (including phenoxy) is 1. The Labute approximate surface area is 161 Å². The summed E-state index contributed by atoms with van der Waals surface area (Å²) in [5.74, 6) is -0.175. The molecule has 0 bridgehead atoms. The zero-order chi connectivity index (χ0) is 18.8. The molecule has 0 aliphatic carbocycles. The van der Waals surface area contributed by atoms with E-state index in [2.05, 4.69) is 11.8 Å². The van der Waals surface area contributed by atoms with Crippen molar-refractivity contribution in [3.8, 4) is 0 Å². The predicted molar refractivity (Wildman–Crippen MR) is 104 cm³/mol. The summed E-state index contributed by atoms with van der Waals surface area (Å²) in [6.45, 7) is 4.49. The number of piperidine rings is 1. The van der Waals surface area contributed by atoms with Crippen LogP contribution in [0, 0.1) is 5.92 Å². The van der Waals surface area contributed by atoms with Crippen LogP contribution in [0.3, 0.4) is 0 Å². The first-order valence-corrected chi connectivity index (χ1v) is 10.5. The minimum absolute atomic E-state index is 0. The van der Waals surface area contributed by atoms with Crippen molar-refractivity contribution >= 4 is 21.4 Å². The lowest BCUT2D eigenvalue weighted by atomic mass is 9.98. The number of amides is 1. The largest absolute Gasteiger partial charge is 0.381 e. The third-order valence-corrected chi connectivity index (χ3v) is 8.14. The van der Waals surface area contributed by atoms with Gasteiger partial charge in [-0.15, -0.1) is 0 Å². The smallest absolute Gasteiger partial charge is 0.265 e. The summed E-state index contributed by atoms with van der Waals surface area (Å²) in [6.07, 6.45) is 2.29. The molecule has 0 atom stereocenters. The summed E-state index contributed by atoms with van der Waals surface area (Å²) in [7, 11) is -3.96. The van der Waals surface area contributed by atoms with Crippen LogP contribution in [0.15, 0.2) is 29.2 Å². The maximum atomic E-state index is 13.2. The van der Waals surface area contributed by atoms with Gasteiger partial charge in [-0.2, -0.15) is 0 Å². The van der Waals surface area contributed by atoms with Crippen molar-refractivity contribution in [2.75, 3.05) is 31.2 Å². The molecule has 2 heterocycles. The molecule has 0 unspecified atom stereocenters. The van der Waals surface area contributed by atoms with Gasteiger partial charge < -0.3 is 9.64 Å². The Morgan fingerprint density at radius 3 is 2.26 bits per heavy atom. The summed E-state index contributed by atoms with van der Waals surface area (Å²) in [5, 5.41) is 9.09. The van der Waals surface area contributed by atoms with Gasteiger partial charge in [0.2, 0.25) is 0 Å². The third kappa shape index (κ3) is 3.97. The fraction of sp³-hybridized carbons (Fsp3) is 0.632. The number of anilines is 1. The van der Waals surface area contributed by atoms with Crippen LogP contribution in [-0.2, 0) is 19.4 Å². The first kappa shape index (κ1) is 21.7. The molecule has 152 valence electrons. The first-order valence-electron chi connectivity index (χ1n) is 9.03. The lowest BCUT2D eigenvalue weighted by Gasteiger charge is -2.34. The highest BCUT2D eigenvalue weighted by Crippen LogP contribution is 2.36. The van der Waals surface area contributed by atoms with E-state index < -0.39 is 20.5 Å². The van der Waals surface area contributed by atoms with Gasteiger partial charge in [-0.3, -0.25) is 10.0 Å². The van der Waals surface area contributed by atoms with Crippen LogP contribution < -0.4 is 10.4 Å². The molecule has 1 aromatic rings. The fourth-order valence-corrected chi connectivity index (χ4v) is 5.69. The van der Waals surface area contributed by atoms with Gasteiger partial charge in [0.15, 0.2) is 14.6 Å². The van der Waals surface area contributed by atoms with Gasteiger partial charge in [0.1, 0.15) is 0 Å². The molecular formula is C19H30N2O5S. The zero-order valence-electron chi connectivity index (χ0n) is 15.0. The van der Waals surface area contributed by atoms with E-state index in [1.54, 1.807) is 24.3 Å². The van der Waals surface area contributed by atoms with Gasteiger partial charge >= 0.3 is 0 Å². The topological polar surface area (TPSA) is 95.9 Å². The average Bonchev–Trinajstić information content (AvgIpc) is 2.68. The van der Waals surface area contributed by atoms with E-state index in [9.17, 15) is 13.2 Å². The number of nitrogens with one attached hydrogen (secondary N) is 1. The maximum absolute atomic E-state index is 13.2. The van der Waals surface area contributed by atoms with Crippen LogP contribution in [-0.4, -0.2) is 50.6 Å². The summed E-state index contributed by atoms with van der Waals surface area (Å²) >= 11 is 0. The average molecular weight is 399 g/mol. The Kier molecular flexibility index (Phi) is 6.88. The van der Waals surface area contributed by atoms with Crippen LogP contribution in [0.4, 0.5) is 5.69 Å². The van der Waals surface area contributed by atoms with E-state index in [1.807, 2.05) is 0 Å². The number of nitrogens with zero attached hydrogens (tertiary/aromatic N) is 1. The van der Waals surface area contributed by atoms with E-state index in [1.165, 1.54) is 5.48 Å². The molecule has 0 aromatic heterocycles. The number of carbonyl (C=O) groups is 1. The fourth-order valence-electron chi connectivity index (χ4n) is 3.75. The highest BCUT2D eigenvalue weighted by molar-refractivity contribution is 7.93. The molecule has 0 radical (unpaired) electrons. The molecule has 8 heteroatoms. The van der Waals surface area contributed by atoms with Crippen molar-refractivity contribution in [3.63, 3.8) is 0 Å². The Morgan fingerprint density at radius 2 is 1.74 bits per heavy atom. The second-order valence-corrected chi connectivity index (χ2v) is 9.47. The standard InChI is InChI=1S/C18H26N2O5S.CH4/c1-14-6-10-20(11-7-14)15-2-4-16(5-3-15)26(23,24)18(17(21)19-22)8-12-25-13-9-18;/h2-5,14,22H,6-13H2,1H3,(H,19,21);1H4. The Morgan fingerprint density at radius 1 is 1.19 bits per heavy atom. The zero-order valence-corrected chi connectivity index (χ0v) is 15.8. The van der Waals surface area contributed by atoms with E-state index >= 15 is 0 Å². The van der Waals surface area contributed by atoms with Crippen LogP contribution in [0.2, 0.25) is 0 Å². The Balaban J connectivity index is 0.00000261. The van der Waals surface area contributed by atoms with Gasteiger partial charge in [0, 0.05) is 32.0 Å². The van der Waals surface area contributed by atoms with Crippen molar-refractivity contribution in [2.24, 2.45) is 5.92 Å². The van der Waals surface area contributed by atoms with Crippen LogP contribution in [0.25, 0.3) is 0 Å². The number of rotatable bonds is 4. The Bertz CT molecular complexity index is 734. The number of hydrogen-bond donors (Lipinski definition) is 2. The molecule has 2 N–H and O–H groups in total. The van der Waals surface area contributed by atoms with Crippen LogP contribution in [0.1, 0.15) is 40.0 Å². The minimum atomic E-state index is -3.96. The normalized spacial score (nSPS) is 20.6. The summed E-state index contributed by atoms with van der Waals surface area (Å²) < 4.78 is 29.9. The molecular weight excluding hydrogens is 368 g/mol. The van der Waals surface area contributed by atoms with Gasteiger partial charge in [0.25, 0.3) is 5.91 Å². The summed E-state index contributed by atoms with van der Waals surface area (Å²) in [6, 6.07) is 6.72. The maximum Gasteiger partial charge on any atom is 0.265 e. The Hall–Kier alpha value is -1.64. The second-order valence-electron chi connectivity index (χ2n) is 7.21. The molecule has 0 saturated carbocycles. The molecule has 3 rings (SSSR count). The summed E-state index contributed by atoms with van der Waals surface area (Å²) in [4.78, 5) is 14.6. The lowest BCUT2D eigenvalue weighted by Crippen LogP contribution is -2.54. The lowest BCUT2D eigenvalue weighted by molar-refractivity contribution is -0.134. The van der Waals surface area contributed by atoms with E-state index in [0.717, 1.165) is 37.5 Å². The molecule has 2 aliphatic rings. The number of hydroxylamine groups is 1. The number of sulfone groups is 1. The minimum Gasteiger partial charge on any atom is -0.381 e. The van der Waals surface area contributed by atoms with Crippen molar-refractivity contribution in [1.82, 2.24) is 5.48 Å². The molecule has 2 fully saturated rings. The quantitative estimate of drug-likeness (QED) is 0.597. The van der Waals surface area contributed by atoms with Gasteiger partial charge in [0.05, 0.1) is 4.90 Å². The van der Waals surface area contributed by atoms with Crippen molar-refractivity contribution < 1.29 is 23.2 Å². The first-order chi connectivity index (χ1) is 12.4. The molecule has 2 saturated heterocycles. The second kappa shape index (κ2) is 8.58. The number of hydrogen-bond acceptors (Lipinski definition) is 6. The van der Waals surface area contributed by atoms with Crippen LogP contribution >= 0.6 is 0 Å². The molecule has 2 aliphatic heterocycles. The SMILES string of the molecule is C.CC1CCN(c2ccc(S(=O)(=O)C3(C(=O)NO)CCOCC3)cc2)CC1. The third-order valence-electron chi connectivity index (χ3n) is 5.63. The molecule has 1 amide bonds. The highest BCUT2D eigenvalue weighted by Gasteiger charge is 2.52. The predicted octanol–water partition coefficient (Wildman–Crippen LogP) is 2.39. The van der Waals surface area contributed by atoms with Crippen molar-refractivity contribution in [3.05, 3.63) is 24.3 Å². The van der Waals surface area contributed by atoms with E-state index in [-0.39, 0.29) is 38.4 Å².